The van der Waals surface area contributed by atoms with Crippen molar-refractivity contribution in [3.63, 3.8) is 0 Å². The van der Waals surface area contributed by atoms with Crippen LogP contribution in [-0.4, -0.2) is 42.2 Å². The topological polar surface area (TPSA) is 67.4 Å². The van der Waals surface area contributed by atoms with Gasteiger partial charge in [-0.25, -0.2) is 14.4 Å². The summed E-state index contributed by atoms with van der Waals surface area (Å²) in [6.45, 7) is 2.76. The molecule has 1 aromatic carbocycles. The Bertz CT molecular complexity index is 705. The van der Waals surface area contributed by atoms with Gasteiger partial charge in [0.2, 0.25) is 5.95 Å². The molecule has 0 saturated carbocycles. The number of rotatable bonds is 3. The van der Waals surface area contributed by atoms with Crippen molar-refractivity contribution < 1.29 is 13.9 Å². The van der Waals surface area contributed by atoms with Gasteiger partial charge in [-0.15, -0.1) is 0 Å². The molecule has 0 bridgehead atoms. The molecular weight excluding hydrogens is 323 g/mol. The summed E-state index contributed by atoms with van der Waals surface area (Å²) in [7, 11) is 0. The molecule has 2 aromatic rings. The lowest BCUT2D eigenvalue weighted by Crippen LogP contribution is -2.37. The number of carbonyl (C=O) groups excluding carboxylic acids is 1. The molecule has 1 fully saturated rings. The molecule has 0 spiro atoms. The summed E-state index contributed by atoms with van der Waals surface area (Å²) in [5, 5.41) is 2.55. The molecule has 0 atom stereocenters. The third-order valence-electron chi connectivity index (χ3n) is 3.37. The summed E-state index contributed by atoms with van der Waals surface area (Å²) in [5.41, 5.74) is 0.709. The lowest BCUT2D eigenvalue weighted by Gasteiger charge is -2.26. The maximum Gasteiger partial charge on any atom is 0.255 e. The predicted molar refractivity (Wildman–Crippen MR) is 84.4 cm³/mol. The molecule has 8 heteroatoms. The van der Waals surface area contributed by atoms with Crippen molar-refractivity contribution in [2.24, 2.45) is 0 Å². The van der Waals surface area contributed by atoms with E-state index < -0.39 is 11.7 Å². The average Bonchev–Trinajstić information content (AvgIpc) is 2.59. The van der Waals surface area contributed by atoms with Crippen LogP contribution in [0.15, 0.2) is 30.6 Å². The number of ether oxygens (including phenoxy) is 1. The molecule has 0 aliphatic carbocycles. The van der Waals surface area contributed by atoms with Crippen molar-refractivity contribution in [2.75, 3.05) is 36.5 Å². The molecule has 1 aromatic heterocycles. The Morgan fingerprint density at radius 2 is 1.96 bits per heavy atom. The van der Waals surface area contributed by atoms with Crippen molar-refractivity contribution >= 4 is 29.1 Å². The molecule has 120 valence electrons. The molecule has 3 rings (SSSR count). The zero-order valence-corrected chi connectivity index (χ0v) is 12.9. The second-order valence-electron chi connectivity index (χ2n) is 4.95. The first-order valence-electron chi connectivity index (χ1n) is 7.04. The van der Waals surface area contributed by atoms with E-state index in [4.69, 9.17) is 16.3 Å². The maximum atomic E-state index is 13.1. The lowest BCUT2D eigenvalue weighted by molar-refractivity contribution is 0.102. The lowest BCUT2D eigenvalue weighted by atomic mass is 10.2. The van der Waals surface area contributed by atoms with E-state index in [0.717, 1.165) is 19.2 Å². The first-order chi connectivity index (χ1) is 11.1. The number of nitrogens with zero attached hydrogens (tertiary/aromatic N) is 3. The molecule has 1 aliphatic heterocycles. The third kappa shape index (κ3) is 3.75. The Balaban J connectivity index is 1.67. The Morgan fingerprint density at radius 1 is 1.26 bits per heavy atom. The Morgan fingerprint density at radius 3 is 2.61 bits per heavy atom. The van der Waals surface area contributed by atoms with Crippen molar-refractivity contribution in [1.82, 2.24) is 9.97 Å². The minimum atomic E-state index is -0.568. The summed E-state index contributed by atoms with van der Waals surface area (Å²) in [6.07, 6.45) is 3.06. The van der Waals surface area contributed by atoms with Gasteiger partial charge in [-0.3, -0.25) is 4.79 Å². The fourth-order valence-corrected chi connectivity index (χ4v) is 2.33. The SMILES string of the molecule is O=C(Nc1cnc(N2CCOCC2)nc1)c1ccc(F)c(Cl)c1. The molecular formula is C15H14ClFN4O2. The number of hydrogen-bond acceptors (Lipinski definition) is 5. The fourth-order valence-electron chi connectivity index (χ4n) is 2.15. The van der Waals surface area contributed by atoms with Gasteiger partial charge in [0.1, 0.15) is 5.82 Å². The zero-order valence-electron chi connectivity index (χ0n) is 12.1. The van der Waals surface area contributed by atoms with Crippen molar-refractivity contribution in [3.8, 4) is 0 Å². The summed E-state index contributed by atoms with van der Waals surface area (Å²) >= 11 is 5.67. The highest BCUT2D eigenvalue weighted by Gasteiger charge is 2.14. The monoisotopic (exact) mass is 336 g/mol. The van der Waals surface area contributed by atoms with Crippen LogP contribution >= 0.6 is 11.6 Å². The molecule has 23 heavy (non-hydrogen) atoms. The van der Waals surface area contributed by atoms with Crippen LogP contribution < -0.4 is 10.2 Å². The van der Waals surface area contributed by atoms with E-state index in [1.165, 1.54) is 24.5 Å². The third-order valence-corrected chi connectivity index (χ3v) is 3.66. The smallest absolute Gasteiger partial charge is 0.255 e. The van der Waals surface area contributed by atoms with Crippen LogP contribution in [0.1, 0.15) is 10.4 Å². The summed E-state index contributed by atoms with van der Waals surface area (Å²) in [5.74, 6) is -0.382. The maximum absolute atomic E-state index is 13.1. The first kappa shape index (κ1) is 15.6. The number of nitrogens with one attached hydrogen (secondary N) is 1. The van der Waals surface area contributed by atoms with E-state index >= 15 is 0 Å². The van der Waals surface area contributed by atoms with Crippen LogP contribution in [0.25, 0.3) is 0 Å². The molecule has 6 nitrogen and oxygen atoms in total. The largest absolute Gasteiger partial charge is 0.378 e. The molecule has 0 unspecified atom stereocenters. The predicted octanol–water partition coefficient (Wildman–Crippen LogP) is 2.36. The van der Waals surface area contributed by atoms with Crippen molar-refractivity contribution in [1.29, 1.82) is 0 Å². The zero-order chi connectivity index (χ0) is 16.2. The number of hydrogen-bond donors (Lipinski definition) is 1. The standard InChI is InChI=1S/C15H14ClFN4O2/c16-12-7-10(1-2-13(12)17)14(22)20-11-8-18-15(19-9-11)21-3-5-23-6-4-21/h1-2,7-9H,3-6H2,(H,20,22). The van der Waals surface area contributed by atoms with E-state index in [-0.39, 0.29) is 10.6 Å². The van der Waals surface area contributed by atoms with Crippen LogP contribution in [-0.2, 0) is 4.74 Å². The van der Waals surface area contributed by atoms with E-state index in [2.05, 4.69) is 15.3 Å². The number of carbonyl (C=O) groups is 1. The highest BCUT2D eigenvalue weighted by atomic mass is 35.5. The number of aromatic nitrogens is 2. The van der Waals surface area contributed by atoms with E-state index in [1.54, 1.807) is 0 Å². The van der Waals surface area contributed by atoms with E-state index in [9.17, 15) is 9.18 Å². The van der Waals surface area contributed by atoms with Gasteiger partial charge in [0.25, 0.3) is 5.91 Å². The van der Waals surface area contributed by atoms with Gasteiger partial charge in [0.15, 0.2) is 0 Å². The highest BCUT2D eigenvalue weighted by Crippen LogP contribution is 2.17. The van der Waals surface area contributed by atoms with Gasteiger partial charge in [-0.2, -0.15) is 0 Å². The first-order valence-corrected chi connectivity index (χ1v) is 7.42. The summed E-state index contributed by atoms with van der Waals surface area (Å²) in [4.78, 5) is 22.6. The second-order valence-corrected chi connectivity index (χ2v) is 5.36. The molecule has 1 N–H and O–H groups in total. The Hall–Kier alpha value is -2.25. The van der Waals surface area contributed by atoms with Gasteiger partial charge in [-0.1, -0.05) is 11.6 Å². The number of morpholine rings is 1. The number of halogens is 2. The van der Waals surface area contributed by atoms with Gasteiger partial charge in [0.05, 0.1) is 36.3 Å². The number of benzene rings is 1. The van der Waals surface area contributed by atoms with Crippen LogP contribution in [0, 0.1) is 5.82 Å². The fraction of sp³-hybridized carbons (Fsp3) is 0.267. The van der Waals surface area contributed by atoms with E-state index in [0.29, 0.717) is 24.8 Å². The van der Waals surface area contributed by atoms with Gasteiger partial charge in [0, 0.05) is 18.7 Å². The van der Waals surface area contributed by atoms with Gasteiger partial charge in [-0.05, 0) is 18.2 Å². The molecule has 1 aliphatic rings. The summed E-state index contributed by atoms with van der Waals surface area (Å²) < 4.78 is 18.4. The molecule has 1 saturated heterocycles. The van der Waals surface area contributed by atoms with Crippen LogP contribution in [0.2, 0.25) is 5.02 Å². The molecule has 2 heterocycles. The average molecular weight is 337 g/mol. The minimum Gasteiger partial charge on any atom is -0.378 e. The normalized spacial score (nSPS) is 14.6. The Kier molecular flexibility index (Phi) is 4.68. The van der Waals surface area contributed by atoms with Gasteiger partial charge >= 0.3 is 0 Å². The van der Waals surface area contributed by atoms with Crippen LogP contribution in [0.5, 0.6) is 0 Å². The second kappa shape index (κ2) is 6.89. The Labute approximate surface area is 137 Å². The molecule has 0 radical (unpaired) electrons. The van der Waals surface area contributed by atoms with Crippen molar-refractivity contribution in [3.05, 3.63) is 47.0 Å². The highest BCUT2D eigenvalue weighted by molar-refractivity contribution is 6.31. The summed E-state index contributed by atoms with van der Waals surface area (Å²) in [6, 6.07) is 3.78. The number of amides is 1. The quantitative estimate of drug-likeness (QED) is 0.932. The van der Waals surface area contributed by atoms with Crippen molar-refractivity contribution in [2.45, 2.75) is 0 Å². The molecule has 1 amide bonds. The van der Waals surface area contributed by atoms with E-state index in [1.807, 2.05) is 4.90 Å². The van der Waals surface area contributed by atoms with Crippen LogP contribution in [0.4, 0.5) is 16.0 Å². The minimum absolute atomic E-state index is 0.100. The van der Waals surface area contributed by atoms with Gasteiger partial charge < -0.3 is 15.0 Å². The van der Waals surface area contributed by atoms with Crippen LogP contribution in [0.3, 0.4) is 0 Å². The number of anilines is 2.